The molecule has 0 fully saturated rings. The molecule has 0 N–H and O–H groups in total. The molecule has 0 atom stereocenters. The van der Waals surface area contributed by atoms with E-state index in [1.807, 2.05) is 42.5 Å². The van der Waals surface area contributed by atoms with Gasteiger partial charge in [-0.05, 0) is 34.0 Å². The largest absolute Gasteiger partial charge is 0.338 e. The van der Waals surface area contributed by atoms with Crippen molar-refractivity contribution in [3.05, 3.63) is 89.5 Å². The van der Waals surface area contributed by atoms with Crippen molar-refractivity contribution < 1.29 is 4.79 Å². The first-order valence-electron chi connectivity index (χ1n) is 8.08. The van der Waals surface area contributed by atoms with E-state index in [9.17, 15) is 4.79 Å². The molecule has 0 saturated heterocycles. The van der Waals surface area contributed by atoms with Gasteiger partial charge in [0, 0.05) is 19.7 Å². The van der Waals surface area contributed by atoms with E-state index >= 15 is 0 Å². The van der Waals surface area contributed by atoms with Crippen LogP contribution in [0.2, 0.25) is 0 Å². The number of rotatable bonds is 4. The van der Waals surface area contributed by atoms with Crippen LogP contribution in [-0.2, 0) is 11.3 Å². The fourth-order valence-electron chi connectivity index (χ4n) is 2.80. The summed E-state index contributed by atoms with van der Waals surface area (Å²) < 4.78 is 0. The number of hydrogen-bond acceptors (Lipinski definition) is 2. The van der Waals surface area contributed by atoms with Crippen LogP contribution in [0.3, 0.4) is 0 Å². The third-order valence-corrected chi connectivity index (χ3v) is 4.15. The van der Waals surface area contributed by atoms with Crippen molar-refractivity contribution in [3.8, 4) is 6.07 Å². The van der Waals surface area contributed by atoms with Crippen LogP contribution in [0.5, 0.6) is 0 Å². The monoisotopic (exact) mass is 326 g/mol. The van der Waals surface area contributed by atoms with Crippen LogP contribution < -0.4 is 0 Å². The number of likely N-dealkylation sites (N-methyl/N-ethyl adjacent to an activating group) is 1. The van der Waals surface area contributed by atoms with Gasteiger partial charge in [0.25, 0.3) is 0 Å². The number of nitrogens with zero attached hydrogens (tertiary/aromatic N) is 2. The van der Waals surface area contributed by atoms with Crippen molar-refractivity contribution in [2.45, 2.75) is 6.54 Å². The second-order valence-corrected chi connectivity index (χ2v) is 5.86. The molecule has 3 nitrogen and oxygen atoms in total. The lowest BCUT2D eigenvalue weighted by molar-refractivity contribution is -0.125. The van der Waals surface area contributed by atoms with Crippen LogP contribution in [0.15, 0.2) is 72.8 Å². The van der Waals surface area contributed by atoms with E-state index in [-0.39, 0.29) is 5.91 Å². The third-order valence-electron chi connectivity index (χ3n) is 4.15. The lowest BCUT2D eigenvalue weighted by atomic mass is 10.0. The van der Waals surface area contributed by atoms with Crippen molar-refractivity contribution in [2.24, 2.45) is 0 Å². The van der Waals surface area contributed by atoms with Gasteiger partial charge in [0.15, 0.2) is 0 Å². The predicted octanol–water partition coefficient (Wildman–Crippen LogP) is 4.38. The fraction of sp³-hybridized carbons (Fsp3) is 0.0909. The molecule has 25 heavy (non-hydrogen) atoms. The van der Waals surface area contributed by atoms with Gasteiger partial charge in [-0.2, -0.15) is 5.26 Å². The van der Waals surface area contributed by atoms with E-state index in [4.69, 9.17) is 5.26 Å². The second kappa shape index (κ2) is 7.46. The number of benzene rings is 3. The molecule has 3 rings (SSSR count). The average molecular weight is 326 g/mol. The zero-order chi connectivity index (χ0) is 17.6. The molecule has 0 aliphatic rings. The van der Waals surface area contributed by atoms with E-state index in [0.717, 1.165) is 16.5 Å². The quantitative estimate of drug-likeness (QED) is 0.668. The Labute approximate surface area is 147 Å². The molecule has 0 bridgehead atoms. The molecule has 0 aliphatic carbocycles. The van der Waals surface area contributed by atoms with Gasteiger partial charge in [-0.15, -0.1) is 0 Å². The first-order valence-corrected chi connectivity index (χ1v) is 8.08. The Kier molecular flexibility index (Phi) is 4.92. The average Bonchev–Trinajstić information content (AvgIpc) is 2.66. The van der Waals surface area contributed by atoms with Crippen LogP contribution in [0, 0.1) is 11.3 Å². The Bertz CT molecular complexity index is 977. The molecule has 0 spiro atoms. The Balaban J connectivity index is 1.77. The molecule has 0 heterocycles. The molecule has 1 amide bonds. The molecule has 0 unspecified atom stereocenters. The van der Waals surface area contributed by atoms with Crippen molar-refractivity contribution in [3.63, 3.8) is 0 Å². The maximum absolute atomic E-state index is 12.4. The van der Waals surface area contributed by atoms with Crippen molar-refractivity contribution in [2.75, 3.05) is 7.05 Å². The molecular formula is C22H18N2O. The summed E-state index contributed by atoms with van der Waals surface area (Å²) in [5, 5.41) is 11.4. The number of carbonyl (C=O) groups excluding carboxylic acids is 1. The van der Waals surface area contributed by atoms with Crippen LogP contribution in [0.25, 0.3) is 16.8 Å². The number of nitriles is 1. The summed E-state index contributed by atoms with van der Waals surface area (Å²) in [5.74, 6) is -0.0966. The van der Waals surface area contributed by atoms with Crippen molar-refractivity contribution >= 4 is 22.8 Å². The minimum Gasteiger partial charge on any atom is -0.338 e. The van der Waals surface area contributed by atoms with Gasteiger partial charge >= 0.3 is 0 Å². The summed E-state index contributed by atoms with van der Waals surface area (Å²) in [5.41, 5.74) is 2.42. The highest BCUT2D eigenvalue weighted by atomic mass is 16.2. The molecule has 0 aromatic heterocycles. The SMILES string of the molecule is CN(Cc1cccc2ccccc12)C(=O)/C=C/c1ccccc1C#N. The minimum atomic E-state index is -0.0966. The topological polar surface area (TPSA) is 44.1 Å². The number of carbonyl (C=O) groups is 1. The summed E-state index contributed by atoms with van der Waals surface area (Å²) in [6, 6.07) is 23.6. The summed E-state index contributed by atoms with van der Waals surface area (Å²) in [4.78, 5) is 14.1. The van der Waals surface area contributed by atoms with Crippen LogP contribution >= 0.6 is 0 Å². The van der Waals surface area contributed by atoms with Gasteiger partial charge in [-0.25, -0.2) is 0 Å². The summed E-state index contributed by atoms with van der Waals surface area (Å²) >= 11 is 0. The number of amides is 1. The Hall–Kier alpha value is -3.38. The maximum Gasteiger partial charge on any atom is 0.246 e. The van der Waals surface area contributed by atoms with E-state index in [2.05, 4.69) is 24.3 Å². The Morgan fingerprint density at radius 2 is 1.76 bits per heavy atom. The maximum atomic E-state index is 12.4. The van der Waals surface area contributed by atoms with Gasteiger partial charge in [0.05, 0.1) is 11.6 Å². The standard InChI is InChI=1S/C22H18N2O/c1-24(16-20-11-6-10-18-8-4-5-12-21(18)20)22(25)14-13-17-7-2-3-9-19(17)15-23/h2-14H,16H2,1H3/b14-13+. The fourth-order valence-corrected chi connectivity index (χ4v) is 2.80. The van der Waals surface area contributed by atoms with Gasteiger partial charge in [-0.3, -0.25) is 4.79 Å². The van der Waals surface area contributed by atoms with E-state index in [1.54, 1.807) is 24.1 Å². The van der Waals surface area contributed by atoms with E-state index < -0.39 is 0 Å². The van der Waals surface area contributed by atoms with Gasteiger partial charge in [0.2, 0.25) is 5.91 Å². The molecular weight excluding hydrogens is 308 g/mol. The van der Waals surface area contributed by atoms with Gasteiger partial charge < -0.3 is 4.90 Å². The number of hydrogen-bond donors (Lipinski definition) is 0. The molecule has 3 heteroatoms. The van der Waals surface area contributed by atoms with Gasteiger partial charge in [-0.1, -0.05) is 60.7 Å². The first kappa shape index (κ1) is 16.5. The zero-order valence-corrected chi connectivity index (χ0v) is 14.0. The zero-order valence-electron chi connectivity index (χ0n) is 14.0. The van der Waals surface area contributed by atoms with E-state index in [0.29, 0.717) is 12.1 Å². The molecule has 122 valence electrons. The van der Waals surface area contributed by atoms with E-state index in [1.165, 1.54) is 11.5 Å². The second-order valence-electron chi connectivity index (χ2n) is 5.86. The molecule has 0 saturated carbocycles. The summed E-state index contributed by atoms with van der Waals surface area (Å²) in [6.45, 7) is 0.532. The Morgan fingerprint density at radius 3 is 2.60 bits per heavy atom. The molecule has 3 aromatic carbocycles. The summed E-state index contributed by atoms with van der Waals surface area (Å²) in [6.07, 6.45) is 3.21. The lowest BCUT2D eigenvalue weighted by Crippen LogP contribution is -2.24. The Morgan fingerprint density at radius 1 is 1.04 bits per heavy atom. The van der Waals surface area contributed by atoms with Crippen LogP contribution in [0.4, 0.5) is 0 Å². The normalized spacial score (nSPS) is 10.7. The molecule has 3 aromatic rings. The van der Waals surface area contributed by atoms with Crippen molar-refractivity contribution in [1.82, 2.24) is 4.90 Å². The van der Waals surface area contributed by atoms with Crippen LogP contribution in [-0.4, -0.2) is 17.9 Å². The highest BCUT2D eigenvalue weighted by Gasteiger charge is 2.08. The molecule has 0 aliphatic heterocycles. The summed E-state index contributed by atoms with van der Waals surface area (Å²) in [7, 11) is 1.78. The highest BCUT2D eigenvalue weighted by Crippen LogP contribution is 2.19. The number of fused-ring (bicyclic) bond motifs is 1. The highest BCUT2D eigenvalue weighted by molar-refractivity contribution is 5.92. The minimum absolute atomic E-state index is 0.0966. The predicted molar refractivity (Wildman–Crippen MR) is 101 cm³/mol. The molecule has 0 radical (unpaired) electrons. The van der Waals surface area contributed by atoms with Crippen LogP contribution in [0.1, 0.15) is 16.7 Å². The third kappa shape index (κ3) is 3.76. The van der Waals surface area contributed by atoms with Crippen molar-refractivity contribution in [1.29, 1.82) is 5.26 Å². The lowest BCUT2D eigenvalue weighted by Gasteiger charge is -2.16. The smallest absolute Gasteiger partial charge is 0.246 e. The first-order chi connectivity index (χ1) is 12.2. The van der Waals surface area contributed by atoms with Gasteiger partial charge in [0.1, 0.15) is 0 Å².